The molecule has 0 aliphatic rings. The van der Waals surface area contributed by atoms with Crippen molar-refractivity contribution in [3.05, 3.63) is 11.8 Å². The van der Waals surface area contributed by atoms with Gasteiger partial charge in [0.2, 0.25) is 11.8 Å². The Labute approximate surface area is 84.5 Å². The van der Waals surface area contributed by atoms with Crippen LogP contribution in [0.3, 0.4) is 0 Å². The van der Waals surface area contributed by atoms with Crippen molar-refractivity contribution in [3.8, 4) is 5.88 Å². The van der Waals surface area contributed by atoms with E-state index in [0.29, 0.717) is 11.8 Å². The van der Waals surface area contributed by atoms with E-state index in [2.05, 4.69) is 23.8 Å². The molecule has 0 aliphatic carbocycles. The lowest BCUT2D eigenvalue weighted by Crippen LogP contribution is -2.19. The first-order chi connectivity index (χ1) is 6.49. The van der Waals surface area contributed by atoms with Crippen molar-refractivity contribution in [2.45, 2.75) is 33.8 Å². The molecule has 1 heterocycles. The van der Waals surface area contributed by atoms with Crippen LogP contribution in [0.2, 0.25) is 0 Å². The zero-order chi connectivity index (χ0) is 10.7. The number of hydrogen-bond acceptors (Lipinski definition) is 4. The fraction of sp³-hybridized carbons (Fsp3) is 0.600. The van der Waals surface area contributed by atoms with Crippen LogP contribution in [0, 0.1) is 12.8 Å². The Morgan fingerprint density at radius 3 is 2.43 bits per heavy atom. The first-order valence-electron chi connectivity index (χ1n) is 4.77. The number of nitrogen functional groups attached to an aromatic ring is 1. The number of rotatable bonds is 3. The van der Waals surface area contributed by atoms with Gasteiger partial charge in [0.25, 0.3) is 0 Å². The Kier molecular flexibility index (Phi) is 3.28. The van der Waals surface area contributed by atoms with E-state index >= 15 is 0 Å². The van der Waals surface area contributed by atoms with E-state index in [-0.39, 0.29) is 12.1 Å². The Morgan fingerprint density at radius 2 is 1.93 bits per heavy atom. The van der Waals surface area contributed by atoms with E-state index in [1.807, 2.05) is 13.8 Å². The fourth-order valence-corrected chi connectivity index (χ4v) is 0.949. The van der Waals surface area contributed by atoms with E-state index in [1.54, 1.807) is 6.07 Å². The highest BCUT2D eigenvalue weighted by atomic mass is 16.5. The molecular formula is C10H17N3O. The Balaban J connectivity index is 2.76. The molecule has 1 aromatic rings. The molecule has 0 saturated carbocycles. The highest BCUT2D eigenvalue weighted by Crippen LogP contribution is 2.14. The van der Waals surface area contributed by atoms with Gasteiger partial charge in [-0.3, -0.25) is 0 Å². The molecule has 2 N–H and O–H groups in total. The normalized spacial score (nSPS) is 12.9. The van der Waals surface area contributed by atoms with Gasteiger partial charge in [-0.1, -0.05) is 13.8 Å². The molecule has 0 bridgehead atoms. The largest absolute Gasteiger partial charge is 0.474 e. The number of nitrogens with two attached hydrogens (primary N) is 1. The van der Waals surface area contributed by atoms with Gasteiger partial charge < -0.3 is 10.5 Å². The summed E-state index contributed by atoms with van der Waals surface area (Å²) in [5.74, 6) is 1.26. The summed E-state index contributed by atoms with van der Waals surface area (Å²) < 4.78 is 5.61. The molecule has 0 radical (unpaired) electrons. The number of hydrogen-bond donors (Lipinski definition) is 1. The van der Waals surface area contributed by atoms with Crippen molar-refractivity contribution < 1.29 is 4.74 Å². The lowest BCUT2D eigenvalue weighted by atomic mass is 10.1. The van der Waals surface area contributed by atoms with Crippen molar-refractivity contribution in [1.82, 2.24) is 9.97 Å². The molecule has 1 rings (SSSR count). The quantitative estimate of drug-likeness (QED) is 0.798. The summed E-state index contributed by atoms with van der Waals surface area (Å²) in [7, 11) is 0. The lowest BCUT2D eigenvalue weighted by Gasteiger charge is -2.17. The van der Waals surface area contributed by atoms with Crippen LogP contribution in [0.1, 0.15) is 26.5 Å². The van der Waals surface area contributed by atoms with Gasteiger partial charge in [0.15, 0.2) is 0 Å². The van der Waals surface area contributed by atoms with Gasteiger partial charge in [0, 0.05) is 11.8 Å². The fourth-order valence-electron chi connectivity index (χ4n) is 0.949. The van der Waals surface area contributed by atoms with Gasteiger partial charge in [-0.2, -0.15) is 4.98 Å². The standard InChI is InChI=1S/C10H17N3O/c1-6(2)8(4)14-9-5-7(3)12-10(11)13-9/h5-6,8H,1-4H3,(H2,11,12,13). The minimum atomic E-state index is 0.128. The molecule has 4 nitrogen and oxygen atoms in total. The lowest BCUT2D eigenvalue weighted by molar-refractivity contribution is 0.163. The van der Waals surface area contributed by atoms with Crippen molar-refractivity contribution in [2.24, 2.45) is 5.92 Å². The molecule has 4 heteroatoms. The topological polar surface area (TPSA) is 61.0 Å². The van der Waals surface area contributed by atoms with Crippen molar-refractivity contribution in [3.63, 3.8) is 0 Å². The summed E-state index contributed by atoms with van der Waals surface area (Å²) in [5, 5.41) is 0. The second-order valence-electron chi connectivity index (χ2n) is 3.77. The highest BCUT2D eigenvalue weighted by Gasteiger charge is 2.10. The van der Waals surface area contributed by atoms with E-state index in [4.69, 9.17) is 10.5 Å². The van der Waals surface area contributed by atoms with Crippen LogP contribution in [0.25, 0.3) is 0 Å². The van der Waals surface area contributed by atoms with E-state index < -0.39 is 0 Å². The summed E-state index contributed by atoms with van der Waals surface area (Å²) in [6, 6.07) is 1.79. The van der Waals surface area contributed by atoms with Gasteiger partial charge in [-0.15, -0.1) is 0 Å². The zero-order valence-electron chi connectivity index (χ0n) is 9.11. The average Bonchev–Trinajstić information content (AvgIpc) is 2.01. The second-order valence-corrected chi connectivity index (χ2v) is 3.77. The number of aryl methyl sites for hydroxylation is 1. The Hall–Kier alpha value is -1.32. The third-order valence-corrected chi connectivity index (χ3v) is 2.09. The highest BCUT2D eigenvalue weighted by molar-refractivity contribution is 5.25. The summed E-state index contributed by atoms with van der Waals surface area (Å²) in [6.07, 6.45) is 0.128. The van der Waals surface area contributed by atoms with E-state index in [9.17, 15) is 0 Å². The van der Waals surface area contributed by atoms with Crippen molar-refractivity contribution >= 4 is 5.95 Å². The maximum atomic E-state index is 5.61. The number of nitrogens with zero attached hydrogens (tertiary/aromatic N) is 2. The average molecular weight is 195 g/mol. The maximum Gasteiger partial charge on any atom is 0.223 e. The van der Waals surface area contributed by atoms with Gasteiger partial charge >= 0.3 is 0 Å². The molecule has 1 aromatic heterocycles. The summed E-state index contributed by atoms with van der Waals surface area (Å²) >= 11 is 0. The molecule has 14 heavy (non-hydrogen) atoms. The molecule has 0 amide bonds. The number of anilines is 1. The van der Waals surface area contributed by atoms with Gasteiger partial charge in [-0.05, 0) is 19.8 Å². The minimum absolute atomic E-state index is 0.128. The van der Waals surface area contributed by atoms with Crippen LogP contribution in [0.15, 0.2) is 6.07 Å². The third-order valence-electron chi connectivity index (χ3n) is 2.09. The predicted molar refractivity (Wildman–Crippen MR) is 56.1 cm³/mol. The van der Waals surface area contributed by atoms with Gasteiger partial charge in [-0.25, -0.2) is 4.98 Å². The molecule has 1 unspecified atom stereocenters. The van der Waals surface area contributed by atoms with Crippen molar-refractivity contribution in [1.29, 1.82) is 0 Å². The summed E-state index contributed by atoms with van der Waals surface area (Å²) in [5.41, 5.74) is 6.33. The third kappa shape index (κ3) is 2.87. The van der Waals surface area contributed by atoms with Gasteiger partial charge in [0.05, 0.1) is 6.10 Å². The molecule has 78 valence electrons. The molecule has 0 fully saturated rings. The molecule has 0 spiro atoms. The van der Waals surface area contributed by atoms with Crippen LogP contribution in [-0.2, 0) is 0 Å². The minimum Gasteiger partial charge on any atom is -0.474 e. The Morgan fingerprint density at radius 1 is 1.29 bits per heavy atom. The van der Waals surface area contributed by atoms with E-state index in [1.165, 1.54) is 0 Å². The van der Waals surface area contributed by atoms with Crippen LogP contribution >= 0.6 is 0 Å². The first-order valence-corrected chi connectivity index (χ1v) is 4.77. The van der Waals surface area contributed by atoms with Crippen LogP contribution in [-0.4, -0.2) is 16.1 Å². The van der Waals surface area contributed by atoms with Gasteiger partial charge in [0.1, 0.15) is 0 Å². The maximum absolute atomic E-state index is 5.61. The first kappa shape index (κ1) is 10.8. The SMILES string of the molecule is Cc1cc(OC(C)C(C)C)nc(N)n1. The number of aromatic nitrogens is 2. The van der Waals surface area contributed by atoms with Crippen molar-refractivity contribution in [2.75, 3.05) is 5.73 Å². The smallest absolute Gasteiger partial charge is 0.223 e. The Bertz CT molecular complexity index is 292. The monoisotopic (exact) mass is 195 g/mol. The molecule has 0 aromatic carbocycles. The summed E-state index contributed by atoms with van der Waals surface area (Å²) in [6.45, 7) is 8.08. The predicted octanol–water partition coefficient (Wildman–Crippen LogP) is 1.79. The van der Waals surface area contributed by atoms with Crippen LogP contribution in [0.5, 0.6) is 5.88 Å². The van der Waals surface area contributed by atoms with Crippen LogP contribution < -0.4 is 10.5 Å². The molecule has 1 atom stereocenters. The molecule has 0 saturated heterocycles. The zero-order valence-corrected chi connectivity index (χ0v) is 9.11. The van der Waals surface area contributed by atoms with Crippen LogP contribution in [0.4, 0.5) is 5.95 Å². The van der Waals surface area contributed by atoms with E-state index in [0.717, 1.165) is 5.69 Å². The molecular weight excluding hydrogens is 178 g/mol. The number of ether oxygens (including phenoxy) is 1. The summed E-state index contributed by atoms with van der Waals surface area (Å²) in [4.78, 5) is 7.97. The molecule has 0 aliphatic heterocycles. The second kappa shape index (κ2) is 4.26.